The Morgan fingerprint density at radius 3 is 2.54 bits per heavy atom. The summed E-state index contributed by atoms with van der Waals surface area (Å²) in [6.45, 7) is 0. The van der Waals surface area contributed by atoms with Crippen molar-refractivity contribution in [3.63, 3.8) is 0 Å². The smallest absolute Gasteiger partial charge is 0.160 e. The first-order valence-electron chi connectivity index (χ1n) is 3.48. The van der Waals surface area contributed by atoms with Crippen molar-refractivity contribution < 1.29 is 8.78 Å². The molecule has 0 spiro atoms. The fraction of sp³-hybridized carbons (Fsp3) is 0.143. The summed E-state index contributed by atoms with van der Waals surface area (Å²) in [7, 11) is 0. The first-order valence-corrected chi connectivity index (χ1v) is 3.89. The quantitative estimate of drug-likeness (QED) is 0.500. The summed E-state index contributed by atoms with van der Waals surface area (Å²) >= 11 is 4.43. The molecule has 1 unspecified atom stereocenters. The summed E-state index contributed by atoms with van der Waals surface area (Å²) in [6.07, 6.45) is -0.667. The van der Waals surface area contributed by atoms with Gasteiger partial charge >= 0.3 is 0 Å². The van der Waals surface area contributed by atoms with Crippen molar-refractivity contribution in [3.05, 3.63) is 29.8 Å². The monoisotopic (exact) mass is 204 g/mol. The summed E-state index contributed by atoms with van der Waals surface area (Å²) in [5, 5.41) is 2.62. The van der Waals surface area contributed by atoms with Crippen LogP contribution in [0.2, 0.25) is 0 Å². The molecule has 0 bridgehead atoms. The van der Waals surface area contributed by atoms with Gasteiger partial charge in [0.05, 0.1) is 0 Å². The molecule has 3 nitrogen and oxygen atoms in total. The van der Waals surface area contributed by atoms with E-state index in [1.807, 2.05) is 0 Å². The average Bonchev–Trinajstić information content (AvgIpc) is 2.11. The fourth-order valence-corrected chi connectivity index (χ4v) is 0.854. The number of anilines is 1. The number of nitrogens with one attached hydrogen (secondary N) is 2. The van der Waals surface area contributed by atoms with Gasteiger partial charge in [-0.1, -0.05) is 0 Å². The zero-order valence-corrected chi connectivity index (χ0v) is 7.37. The van der Waals surface area contributed by atoms with Gasteiger partial charge in [-0.3, -0.25) is 0 Å². The van der Waals surface area contributed by atoms with Crippen LogP contribution in [-0.4, -0.2) is 6.29 Å². The molecule has 0 aromatic heterocycles. The second-order valence-electron chi connectivity index (χ2n) is 2.37. The Morgan fingerprint density at radius 2 is 2.00 bits per heavy atom. The van der Waals surface area contributed by atoms with Crippen molar-refractivity contribution in [3.8, 4) is 0 Å². The Balaban J connectivity index is 2.73. The number of rotatable bonds is 3. The Hall–Kier alpha value is -0.850. The van der Waals surface area contributed by atoms with E-state index < -0.39 is 17.9 Å². The minimum absolute atomic E-state index is 0.365. The summed E-state index contributed by atoms with van der Waals surface area (Å²) in [5.74, 6) is -1.83. The zero-order valence-electron chi connectivity index (χ0n) is 6.55. The van der Waals surface area contributed by atoms with Gasteiger partial charge in [-0.05, 0) is 12.1 Å². The summed E-state index contributed by atoms with van der Waals surface area (Å²) < 4.78 is 27.4. The molecule has 0 amide bonds. The highest BCUT2D eigenvalue weighted by Gasteiger charge is 2.02. The molecule has 0 fully saturated rings. The minimum atomic E-state index is -0.929. The van der Waals surface area contributed by atoms with Crippen molar-refractivity contribution in [1.29, 1.82) is 0 Å². The number of hydrogen-bond donors (Lipinski definition) is 3. The molecule has 1 aromatic rings. The molecule has 0 aliphatic heterocycles. The van der Waals surface area contributed by atoms with Crippen LogP contribution in [0.3, 0.4) is 0 Å². The lowest BCUT2D eigenvalue weighted by atomic mass is 10.3. The zero-order chi connectivity index (χ0) is 9.84. The maximum atomic E-state index is 12.6. The van der Waals surface area contributed by atoms with E-state index in [4.69, 9.17) is 5.73 Å². The van der Waals surface area contributed by atoms with Crippen LogP contribution in [0.4, 0.5) is 14.5 Å². The molecule has 0 radical (unpaired) electrons. The maximum Gasteiger partial charge on any atom is 0.160 e. The lowest BCUT2D eigenvalue weighted by Gasteiger charge is -2.20. The summed E-state index contributed by atoms with van der Waals surface area (Å²) in [4.78, 5) is 0. The standard InChI is InChI=1S/C7H8F2N3S/c8-5-2-1-4(3-6(5)9)11-7(10)12-13/h1-3,7,11-12H,10H2/q-1. The SMILES string of the molecule is NC(N[S-])Nc1ccc(F)c(F)c1. The van der Waals surface area contributed by atoms with Crippen LogP contribution in [0.15, 0.2) is 18.2 Å². The molecule has 72 valence electrons. The number of halogens is 2. The van der Waals surface area contributed by atoms with Crippen LogP contribution in [0.25, 0.3) is 0 Å². The molecule has 1 rings (SSSR count). The fourth-order valence-electron chi connectivity index (χ4n) is 0.795. The summed E-state index contributed by atoms with van der Waals surface area (Å²) in [5.41, 5.74) is 5.72. The lowest BCUT2D eigenvalue weighted by molar-refractivity contribution is 0.509. The van der Waals surface area contributed by atoms with Gasteiger partial charge in [0.15, 0.2) is 11.6 Å². The van der Waals surface area contributed by atoms with Crippen LogP contribution in [0, 0.1) is 11.6 Å². The Bertz CT molecular complexity index is 295. The van der Waals surface area contributed by atoms with E-state index in [2.05, 4.69) is 22.9 Å². The van der Waals surface area contributed by atoms with Crippen LogP contribution in [0.1, 0.15) is 0 Å². The molecule has 1 aromatic carbocycles. The van der Waals surface area contributed by atoms with Crippen molar-refractivity contribution >= 4 is 18.5 Å². The van der Waals surface area contributed by atoms with Crippen LogP contribution in [-0.2, 0) is 12.8 Å². The van der Waals surface area contributed by atoms with E-state index in [-0.39, 0.29) is 0 Å². The first kappa shape index (κ1) is 10.2. The molecule has 0 saturated heterocycles. The normalized spacial score (nSPS) is 12.6. The van der Waals surface area contributed by atoms with E-state index in [0.29, 0.717) is 5.69 Å². The van der Waals surface area contributed by atoms with E-state index in [0.717, 1.165) is 12.1 Å². The van der Waals surface area contributed by atoms with E-state index in [1.54, 1.807) is 0 Å². The van der Waals surface area contributed by atoms with Gasteiger partial charge in [0.1, 0.15) is 6.29 Å². The maximum absolute atomic E-state index is 12.6. The van der Waals surface area contributed by atoms with Crippen LogP contribution < -0.4 is 15.8 Å². The predicted molar refractivity (Wildman–Crippen MR) is 48.5 cm³/mol. The molecule has 0 aliphatic rings. The largest absolute Gasteiger partial charge is 0.702 e. The lowest BCUT2D eigenvalue weighted by Crippen LogP contribution is -2.40. The first-order chi connectivity index (χ1) is 6.13. The van der Waals surface area contributed by atoms with Gasteiger partial charge in [0, 0.05) is 11.8 Å². The Morgan fingerprint density at radius 1 is 1.31 bits per heavy atom. The van der Waals surface area contributed by atoms with Gasteiger partial charge in [0.2, 0.25) is 0 Å². The van der Waals surface area contributed by atoms with Gasteiger partial charge in [-0.25, -0.2) is 8.78 Å². The number of hydrogen-bond acceptors (Lipinski definition) is 4. The highest BCUT2D eigenvalue weighted by Crippen LogP contribution is 2.12. The minimum Gasteiger partial charge on any atom is -0.702 e. The van der Waals surface area contributed by atoms with Gasteiger partial charge in [-0.2, -0.15) is 0 Å². The van der Waals surface area contributed by atoms with Crippen molar-refractivity contribution in [1.82, 2.24) is 4.72 Å². The average molecular weight is 204 g/mol. The third-order valence-corrected chi connectivity index (χ3v) is 1.62. The van der Waals surface area contributed by atoms with E-state index >= 15 is 0 Å². The third kappa shape index (κ3) is 2.83. The Labute approximate surface area is 79.9 Å². The van der Waals surface area contributed by atoms with Crippen molar-refractivity contribution in [2.45, 2.75) is 6.29 Å². The van der Waals surface area contributed by atoms with Crippen molar-refractivity contribution in [2.24, 2.45) is 5.73 Å². The Kier molecular flexibility index (Phi) is 3.47. The topological polar surface area (TPSA) is 50.1 Å². The van der Waals surface area contributed by atoms with Crippen LogP contribution in [0.5, 0.6) is 0 Å². The molecule has 0 saturated carbocycles. The molecule has 0 aliphatic carbocycles. The van der Waals surface area contributed by atoms with Crippen LogP contribution >= 0.6 is 0 Å². The highest BCUT2D eigenvalue weighted by atomic mass is 32.1. The molecule has 13 heavy (non-hydrogen) atoms. The molecular weight excluding hydrogens is 196 g/mol. The molecular formula is C7H8F2N3S-. The van der Waals surface area contributed by atoms with E-state index in [9.17, 15) is 8.78 Å². The molecule has 6 heteroatoms. The predicted octanol–water partition coefficient (Wildman–Crippen LogP) is 0.670. The van der Waals surface area contributed by atoms with Crippen molar-refractivity contribution in [2.75, 3.05) is 5.32 Å². The van der Waals surface area contributed by atoms with Gasteiger partial charge < -0.3 is 28.6 Å². The summed E-state index contributed by atoms with van der Waals surface area (Å²) in [6, 6.07) is 3.38. The van der Waals surface area contributed by atoms with Gasteiger partial charge in [-0.15, -0.1) is 0 Å². The third-order valence-electron chi connectivity index (χ3n) is 1.37. The molecule has 0 heterocycles. The molecule has 4 N–H and O–H groups in total. The highest BCUT2D eigenvalue weighted by molar-refractivity contribution is 7.56. The van der Waals surface area contributed by atoms with E-state index in [1.165, 1.54) is 6.07 Å². The number of nitrogens with two attached hydrogens (primary N) is 1. The van der Waals surface area contributed by atoms with Gasteiger partial charge in [0.25, 0.3) is 0 Å². The second kappa shape index (κ2) is 4.40. The molecule has 1 atom stereocenters. The number of benzene rings is 1. The second-order valence-corrected chi connectivity index (χ2v) is 2.60.